The smallest absolute Gasteiger partial charge is 0.230 e. The molecular weight excluding hydrogens is 457 g/mol. The van der Waals surface area contributed by atoms with Gasteiger partial charge in [-0.25, -0.2) is 12.8 Å². The first kappa shape index (κ1) is 23.1. The lowest BCUT2D eigenvalue weighted by Gasteiger charge is -2.27. The molecule has 1 aromatic heterocycles. The third-order valence-corrected chi connectivity index (χ3v) is 8.23. The van der Waals surface area contributed by atoms with Gasteiger partial charge >= 0.3 is 0 Å². The minimum absolute atomic E-state index is 0.00610. The van der Waals surface area contributed by atoms with E-state index in [2.05, 4.69) is 20.4 Å². The van der Waals surface area contributed by atoms with Crippen LogP contribution in [0, 0.1) is 5.82 Å². The Morgan fingerprint density at radius 3 is 2.62 bits per heavy atom. The van der Waals surface area contributed by atoms with Gasteiger partial charge in [0.05, 0.1) is 30.5 Å². The first-order valence-corrected chi connectivity index (χ1v) is 13.3. The van der Waals surface area contributed by atoms with Gasteiger partial charge < -0.3 is 14.6 Å². The summed E-state index contributed by atoms with van der Waals surface area (Å²) in [6, 6.07) is 5.75. The fraction of sp³-hybridized carbons (Fsp3) is 0.550. The molecule has 174 valence electrons. The number of carbonyl (C=O) groups is 1. The Hall–Kier alpha value is -2.02. The fourth-order valence-corrected chi connectivity index (χ4v) is 6.23. The number of halogens is 1. The number of hydrogen-bond acceptors (Lipinski definition) is 8. The van der Waals surface area contributed by atoms with E-state index in [4.69, 9.17) is 4.74 Å². The van der Waals surface area contributed by atoms with Crippen LogP contribution in [0.2, 0.25) is 0 Å². The largest absolute Gasteiger partial charge is 0.379 e. The number of sulfone groups is 1. The number of benzene rings is 1. The summed E-state index contributed by atoms with van der Waals surface area (Å²) in [5.41, 5.74) is 0.744. The zero-order chi connectivity index (χ0) is 22.6. The number of nitrogens with one attached hydrogen (secondary N) is 1. The molecule has 0 spiro atoms. The van der Waals surface area contributed by atoms with Crippen LogP contribution in [0.5, 0.6) is 0 Å². The lowest BCUT2D eigenvalue weighted by Crippen LogP contribution is -2.38. The predicted molar refractivity (Wildman–Crippen MR) is 119 cm³/mol. The lowest BCUT2D eigenvalue weighted by molar-refractivity contribution is -0.119. The third-order valence-electron chi connectivity index (χ3n) is 5.49. The maximum atomic E-state index is 13.4. The summed E-state index contributed by atoms with van der Waals surface area (Å²) in [4.78, 5) is 14.7. The van der Waals surface area contributed by atoms with E-state index in [1.807, 2.05) is 4.57 Å². The molecular formula is C20H26FN5O4S2. The fourth-order valence-electron chi connectivity index (χ4n) is 3.78. The molecule has 4 rings (SSSR count). The Morgan fingerprint density at radius 2 is 1.94 bits per heavy atom. The van der Waals surface area contributed by atoms with Crippen molar-refractivity contribution in [2.45, 2.75) is 24.2 Å². The molecule has 2 aromatic rings. The molecule has 0 saturated carbocycles. The van der Waals surface area contributed by atoms with E-state index < -0.39 is 9.84 Å². The summed E-state index contributed by atoms with van der Waals surface area (Å²) in [5, 5.41) is 11.9. The highest BCUT2D eigenvalue weighted by Gasteiger charge is 2.29. The molecule has 1 amide bonds. The highest BCUT2D eigenvalue weighted by atomic mass is 32.2. The zero-order valence-electron chi connectivity index (χ0n) is 17.6. The maximum absolute atomic E-state index is 13.4. The first-order valence-electron chi connectivity index (χ1n) is 10.5. The van der Waals surface area contributed by atoms with Crippen molar-refractivity contribution < 1.29 is 22.3 Å². The summed E-state index contributed by atoms with van der Waals surface area (Å²) < 4.78 is 43.9. The van der Waals surface area contributed by atoms with Crippen LogP contribution in [0.4, 0.5) is 4.39 Å². The van der Waals surface area contributed by atoms with Gasteiger partial charge in [0, 0.05) is 37.8 Å². The molecule has 2 fully saturated rings. The molecule has 1 N–H and O–H groups in total. The van der Waals surface area contributed by atoms with Crippen molar-refractivity contribution in [1.82, 2.24) is 25.0 Å². The predicted octanol–water partition coefficient (Wildman–Crippen LogP) is 0.812. The molecule has 2 saturated heterocycles. The van der Waals surface area contributed by atoms with E-state index in [1.54, 1.807) is 12.1 Å². The van der Waals surface area contributed by atoms with Gasteiger partial charge in [0.15, 0.2) is 20.8 Å². The van der Waals surface area contributed by atoms with Gasteiger partial charge in [-0.1, -0.05) is 11.8 Å². The van der Waals surface area contributed by atoms with Crippen molar-refractivity contribution in [2.24, 2.45) is 0 Å². The molecule has 2 aliphatic rings. The van der Waals surface area contributed by atoms with Gasteiger partial charge in [0.1, 0.15) is 5.82 Å². The number of aromatic nitrogens is 3. The average Bonchev–Trinajstić information content (AvgIpc) is 3.34. The van der Waals surface area contributed by atoms with E-state index in [0.717, 1.165) is 25.2 Å². The average molecular weight is 484 g/mol. The molecule has 3 heterocycles. The van der Waals surface area contributed by atoms with E-state index in [0.29, 0.717) is 37.2 Å². The minimum Gasteiger partial charge on any atom is -0.379 e. The highest BCUT2D eigenvalue weighted by Crippen LogP contribution is 2.24. The first-order chi connectivity index (χ1) is 15.4. The van der Waals surface area contributed by atoms with E-state index >= 15 is 0 Å². The second kappa shape index (κ2) is 10.3. The SMILES string of the molecule is O=C(CSc1nnc(-c2ccc(F)cc2)n1CCN1CCOCC1)N[C@H]1CCS(=O)(=O)C1. The quantitative estimate of drug-likeness (QED) is 0.550. The van der Waals surface area contributed by atoms with Crippen LogP contribution in [0.25, 0.3) is 11.4 Å². The van der Waals surface area contributed by atoms with Crippen LogP contribution >= 0.6 is 11.8 Å². The molecule has 9 nitrogen and oxygen atoms in total. The van der Waals surface area contributed by atoms with Gasteiger partial charge in [0.2, 0.25) is 5.91 Å². The summed E-state index contributed by atoms with van der Waals surface area (Å²) in [6.45, 7) is 4.49. The summed E-state index contributed by atoms with van der Waals surface area (Å²) in [7, 11) is -3.05. The minimum atomic E-state index is -3.05. The number of carbonyl (C=O) groups excluding carboxylic acids is 1. The molecule has 1 aromatic carbocycles. The number of rotatable bonds is 8. The number of ether oxygens (including phenoxy) is 1. The number of hydrogen-bond donors (Lipinski definition) is 1. The van der Waals surface area contributed by atoms with E-state index in [1.165, 1.54) is 23.9 Å². The molecule has 1 atom stereocenters. The Labute approximate surface area is 190 Å². The lowest BCUT2D eigenvalue weighted by atomic mass is 10.2. The topological polar surface area (TPSA) is 106 Å². The van der Waals surface area contributed by atoms with Crippen molar-refractivity contribution in [2.75, 3.05) is 50.1 Å². The molecule has 0 aliphatic carbocycles. The van der Waals surface area contributed by atoms with E-state index in [-0.39, 0.29) is 35.0 Å². The normalized spacial score (nSPS) is 21.0. The van der Waals surface area contributed by atoms with Crippen LogP contribution in [0.3, 0.4) is 0 Å². The van der Waals surface area contributed by atoms with Gasteiger partial charge in [-0.2, -0.15) is 0 Å². The maximum Gasteiger partial charge on any atom is 0.230 e. The van der Waals surface area contributed by atoms with Crippen LogP contribution in [0.15, 0.2) is 29.4 Å². The second-order valence-electron chi connectivity index (χ2n) is 7.87. The molecule has 32 heavy (non-hydrogen) atoms. The molecule has 0 unspecified atom stereocenters. The summed E-state index contributed by atoms with van der Waals surface area (Å²) in [5.74, 6) is 0.269. The van der Waals surface area contributed by atoms with Crippen molar-refractivity contribution in [3.8, 4) is 11.4 Å². The number of morpholine rings is 1. The number of nitrogens with zero attached hydrogens (tertiary/aromatic N) is 4. The van der Waals surface area contributed by atoms with Gasteiger partial charge in [0.25, 0.3) is 0 Å². The van der Waals surface area contributed by atoms with Gasteiger partial charge in [-0.05, 0) is 30.7 Å². The second-order valence-corrected chi connectivity index (χ2v) is 11.0. The number of amides is 1. The monoisotopic (exact) mass is 483 g/mol. The van der Waals surface area contributed by atoms with Crippen LogP contribution in [0.1, 0.15) is 6.42 Å². The van der Waals surface area contributed by atoms with Crippen LogP contribution in [-0.2, 0) is 25.9 Å². The van der Waals surface area contributed by atoms with E-state index in [9.17, 15) is 17.6 Å². The molecule has 2 aliphatic heterocycles. The Kier molecular flexibility index (Phi) is 7.44. The highest BCUT2D eigenvalue weighted by molar-refractivity contribution is 7.99. The Balaban J connectivity index is 1.44. The molecule has 0 bridgehead atoms. The van der Waals surface area contributed by atoms with Crippen molar-refractivity contribution >= 4 is 27.5 Å². The van der Waals surface area contributed by atoms with Crippen molar-refractivity contribution in [1.29, 1.82) is 0 Å². The Bertz CT molecular complexity index is 1040. The van der Waals surface area contributed by atoms with Crippen LogP contribution in [-0.4, -0.2) is 90.1 Å². The summed E-state index contributed by atoms with van der Waals surface area (Å²) in [6.07, 6.45) is 0.448. The standard InChI is InChI=1S/C20H26FN5O4S2/c21-16-3-1-15(2-4-16)19-23-24-20(26(19)7-6-25-8-10-30-11-9-25)31-13-18(27)22-17-5-12-32(28,29)14-17/h1-4,17H,5-14H2,(H,22,27)/t17-/m0/s1. The molecule has 12 heteroatoms. The third kappa shape index (κ3) is 6.06. The Morgan fingerprint density at radius 1 is 1.19 bits per heavy atom. The zero-order valence-corrected chi connectivity index (χ0v) is 19.2. The van der Waals surface area contributed by atoms with Crippen LogP contribution < -0.4 is 5.32 Å². The molecule has 0 radical (unpaired) electrons. The van der Waals surface area contributed by atoms with Gasteiger partial charge in [-0.3, -0.25) is 9.69 Å². The van der Waals surface area contributed by atoms with Gasteiger partial charge in [-0.15, -0.1) is 10.2 Å². The van der Waals surface area contributed by atoms with Crippen molar-refractivity contribution in [3.63, 3.8) is 0 Å². The van der Waals surface area contributed by atoms with Crippen molar-refractivity contribution in [3.05, 3.63) is 30.1 Å². The summed E-state index contributed by atoms with van der Waals surface area (Å²) >= 11 is 1.25. The number of thioether (sulfide) groups is 1.